The van der Waals surface area contributed by atoms with Crippen molar-refractivity contribution in [1.82, 2.24) is 5.32 Å². The maximum Gasteiger partial charge on any atom is 0.167 e. The SMILES string of the molecule is CCCNCc1cccc(F)c1Oc1ccc(F)c(F)c1. The Kier molecular flexibility index (Phi) is 5.22. The second-order valence-electron chi connectivity index (χ2n) is 4.58. The van der Waals surface area contributed by atoms with Gasteiger partial charge in [-0.25, -0.2) is 13.2 Å². The number of nitrogens with one attached hydrogen (secondary N) is 1. The average Bonchev–Trinajstić information content (AvgIpc) is 2.46. The monoisotopic (exact) mass is 295 g/mol. The fourth-order valence-corrected chi connectivity index (χ4v) is 1.87. The van der Waals surface area contributed by atoms with Crippen LogP contribution in [-0.4, -0.2) is 6.54 Å². The summed E-state index contributed by atoms with van der Waals surface area (Å²) in [4.78, 5) is 0. The third-order valence-electron chi connectivity index (χ3n) is 2.90. The summed E-state index contributed by atoms with van der Waals surface area (Å²) >= 11 is 0. The highest BCUT2D eigenvalue weighted by Crippen LogP contribution is 2.29. The van der Waals surface area contributed by atoms with E-state index in [9.17, 15) is 13.2 Å². The molecule has 5 heteroatoms. The van der Waals surface area contributed by atoms with Gasteiger partial charge in [0.25, 0.3) is 0 Å². The van der Waals surface area contributed by atoms with Gasteiger partial charge in [0.2, 0.25) is 0 Å². The van der Waals surface area contributed by atoms with E-state index in [0.29, 0.717) is 12.1 Å². The summed E-state index contributed by atoms with van der Waals surface area (Å²) < 4.78 is 45.3. The molecule has 0 bridgehead atoms. The molecular formula is C16H16F3NO. The third-order valence-corrected chi connectivity index (χ3v) is 2.90. The molecule has 21 heavy (non-hydrogen) atoms. The molecule has 1 N–H and O–H groups in total. The van der Waals surface area contributed by atoms with Crippen molar-refractivity contribution in [3.63, 3.8) is 0 Å². The summed E-state index contributed by atoms with van der Waals surface area (Å²) in [6, 6.07) is 7.66. The van der Waals surface area contributed by atoms with Gasteiger partial charge < -0.3 is 10.1 Å². The van der Waals surface area contributed by atoms with Crippen LogP contribution in [0.2, 0.25) is 0 Å². The first kappa shape index (κ1) is 15.4. The Morgan fingerprint density at radius 1 is 1.00 bits per heavy atom. The van der Waals surface area contributed by atoms with Gasteiger partial charge >= 0.3 is 0 Å². The third kappa shape index (κ3) is 3.98. The fourth-order valence-electron chi connectivity index (χ4n) is 1.87. The summed E-state index contributed by atoms with van der Waals surface area (Å²) in [6.07, 6.45) is 0.953. The molecule has 0 radical (unpaired) electrons. The molecular weight excluding hydrogens is 279 g/mol. The zero-order valence-corrected chi connectivity index (χ0v) is 11.6. The molecule has 0 atom stereocenters. The predicted molar refractivity (Wildman–Crippen MR) is 74.8 cm³/mol. The molecule has 2 aromatic rings. The average molecular weight is 295 g/mol. The van der Waals surface area contributed by atoms with Gasteiger partial charge in [0.15, 0.2) is 23.2 Å². The minimum Gasteiger partial charge on any atom is -0.454 e. The van der Waals surface area contributed by atoms with Crippen LogP contribution in [0, 0.1) is 17.5 Å². The number of para-hydroxylation sites is 1. The molecule has 2 nitrogen and oxygen atoms in total. The Morgan fingerprint density at radius 2 is 1.81 bits per heavy atom. The lowest BCUT2D eigenvalue weighted by atomic mass is 10.2. The van der Waals surface area contributed by atoms with Crippen LogP contribution in [0.3, 0.4) is 0 Å². The van der Waals surface area contributed by atoms with Crippen LogP contribution in [0.5, 0.6) is 11.5 Å². The maximum atomic E-state index is 13.9. The Bertz CT molecular complexity index is 616. The predicted octanol–water partition coefficient (Wildman–Crippen LogP) is 4.40. The molecule has 0 spiro atoms. The van der Waals surface area contributed by atoms with Crippen LogP contribution in [0.25, 0.3) is 0 Å². The maximum absolute atomic E-state index is 13.9. The lowest BCUT2D eigenvalue weighted by Crippen LogP contribution is -2.14. The van der Waals surface area contributed by atoms with E-state index in [1.807, 2.05) is 6.92 Å². The first-order chi connectivity index (χ1) is 10.1. The molecule has 2 rings (SSSR count). The van der Waals surface area contributed by atoms with Gasteiger partial charge in [0, 0.05) is 18.2 Å². The summed E-state index contributed by atoms with van der Waals surface area (Å²) in [7, 11) is 0. The number of rotatable bonds is 6. The molecule has 112 valence electrons. The minimum atomic E-state index is -1.03. The van der Waals surface area contributed by atoms with Crippen molar-refractivity contribution in [3.05, 3.63) is 59.4 Å². The standard InChI is InChI=1S/C16H16F3NO/c1-2-8-20-10-11-4-3-5-14(18)16(11)21-12-6-7-13(17)15(19)9-12/h3-7,9,20H,2,8,10H2,1H3. The van der Waals surface area contributed by atoms with Gasteiger partial charge in [-0.3, -0.25) is 0 Å². The van der Waals surface area contributed by atoms with Gasteiger partial charge in [0.1, 0.15) is 5.75 Å². The van der Waals surface area contributed by atoms with Crippen molar-refractivity contribution in [1.29, 1.82) is 0 Å². The van der Waals surface area contributed by atoms with E-state index in [1.165, 1.54) is 12.1 Å². The molecule has 0 unspecified atom stereocenters. The zero-order valence-electron chi connectivity index (χ0n) is 11.6. The van der Waals surface area contributed by atoms with E-state index < -0.39 is 17.5 Å². The smallest absolute Gasteiger partial charge is 0.167 e. The van der Waals surface area contributed by atoms with E-state index in [-0.39, 0.29) is 11.5 Å². The second kappa shape index (κ2) is 7.13. The Labute approximate surface area is 121 Å². The number of ether oxygens (including phenoxy) is 1. The molecule has 0 saturated carbocycles. The molecule has 0 fully saturated rings. The summed E-state index contributed by atoms with van der Waals surface area (Å²) in [5, 5.41) is 3.14. The molecule has 2 aromatic carbocycles. The number of halogens is 3. The van der Waals surface area contributed by atoms with E-state index in [1.54, 1.807) is 12.1 Å². The Balaban J connectivity index is 2.23. The summed E-state index contributed by atoms with van der Waals surface area (Å²) in [6.45, 7) is 3.25. The quantitative estimate of drug-likeness (QED) is 0.798. The fraction of sp³-hybridized carbons (Fsp3) is 0.250. The van der Waals surface area contributed by atoms with Crippen molar-refractivity contribution in [2.75, 3.05) is 6.54 Å². The van der Waals surface area contributed by atoms with Crippen LogP contribution in [0.1, 0.15) is 18.9 Å². The highest BCUT2D eigenvalue weighted by Gasteiger charge is 2.12. The van der Waals surface area contributed by atoms with Crippen LogP contribution in [-0.2, 0) is 6.54 Å². The van der Waals surface area contributed by atoms with Crippen molar-refractivity contribution >= 4 is 0 Å². The van der Waals surface area contributed by atoms with Crippen molar-refractivity contribution in [2.24, 2.45) is 0 Å². The first-order valence-electron chi connectivity index (χ1n) is 6.73. The summed E-state index contributed by atoms with van der Waals surface area (Å²) in [5.41, 5.74) is 0.619. The number of hydrogen-bond acceptors (Lipinski definition) is 2. The Hall–Kier alpha value is -2.01. The number of benzene rings is 2. The van der Waals surface area contributed by atoms with E-state index in [2.05, 4.69) is 5.32 Å². The minimum absolute atomic E-state index is 0.0205. The molecule has 0 aromatic heterocycles. The molecule has 0 aliphatic heterocycles. The second-order valence-corrected chi connectivity index (χ2v) is 4.58. The molecule has 0 saturated heterocycles. The lowest BCUT2D eigenvalue weighted by molar-refractivity contribution is 0.425. The topological polar surface area (TPSA) is 21.3 Å². The molecule has 0 aliphatic carbocycles. The van der Waals surface area contributed by atoms with Crippen LogP contribution in [0.4, 0.5) is 13.2 Å². The van der Waals surface area contributed by atoms with E-state index >= 15 is 0 Å². The normalized spacial score (nSPS) is 10.7. The van der Waals surface area contributed by atoms with Gasteiger partial charge in [-0.05, 0) is 31.2 Å². The number of hydrogen-bond donors (Lipinski definition) is 1. The van der Waals surface area contributed by atoms with Crippen LogP contribution >= 0.6 is 0 Å². The van der Waals surface area contributed by atoms with Crippen LogP contribution < -0.4 is 10.1 Å². The van der Waals surface area contributed by atoms with Gasteiger partial charge in [0.05, 0.1) is 0 Å². The largest absolute Gasteiger partial charge is 0.454 e. The highest BCUT2D eigenvalue weighted by atomic mass is 19.2. The zero-order chi connectivity index (χ0) is 15.2. The lowest BCUT2D eigenvalue weighted by Gasteiger charge is -2.13. The molecule has 0 heterocycles. The van der Waals surface area contributed by atoms with Crippen molar-refractivity contribution in [3.8, 4) is 11.5 Å². The van der Waals surface area contributed by atoms with Gasteiger partial charge in [-0.15, -0.1) is 0 Å². The van der Waals surface area contributed by atoms with E-state index in [4.69, 9.17) is 4.74 Å². The highest BCUT2D eigenvalue weighted by molar-refractivity contribution is 5.39. The van der Waals surface area contributed by atoms with Gasteiger partial charge in [-0.2, -0.15) is 0 Å². The molecule has 0 aliphatic rings. The van der Waals surface area contributed by atoms with E-state index in [0.717, 1.165) is 25.1 Å². The Morgan fingerprint density at radius 3 is 2.52 bits per heavy atom. The first-order valence-corrected chi connectivity index (χ1v) is 6.73. The van der Waals surface area contributed by atoms with Crippen LogP contribution in [0.15, 0.2) is 36.4 Å². The summed E-state index contributed by atoms with van der Waals surface area (Å²) in [5.74, 6) is -2.48. The van der Waals surface area contributed by atoms with Gasteiger partial charge in [-0.1, -0.05) is 19.1 Å². The van der Waals surface area contributed by atoms with Crippen molar-refractivity contribution < 1.29 is 17.9 Å². The molecule has 0 amide bonds. The van der Waals surface area contributed by atoms with Crippen molar-refractivity contribution in [2.45, 2.75) is 19.9 Å².